The highest BCUT2D eigenvalue weighted by Gasteiger charge is 2.15. The van der Waals surface area contributed by atoms with E-state index in [1.807, 2.05) is 6.07 Å². The fourth-order valence-corrected chi connectivity index (χ4v) is 1.25. The van der Waals surface area contributed by atoms with Crippen molar-refractivity contribution in [2.45, 2.75) is 0 Å². The lowest BCUT2D eigenvalue weighted by Crippen LogP contribution is -2.20. The summed E-state index contributed by atoms with van der Waals surface area (Å²) in [6, 6.07) is 5.27. The van der Waals surface area contributed by atoms with Crippen LogP contribution in [0.25, 0.3) is 11.3 Å². The Kier molecular flexibility index (Phi) is 2.68. The highest BCUT2D eigenvalue weighted by atomic mass is 16.5. The van der Waals surface area contributed by atoms with Crippen molar-refractivity contribution in [3.63, 3.8) is 0 Å². The second-order valence-electron chi connectivity index (χ2n) is 3.52. The number of rotatable bonds is 2. The molecule has 0 aromatic carbocycles. The van der Waals surface area contributed by atoms with E-state index >= 15 is 0 Å². The molecule has 0 fully saturated rings. The molecular formula is C11H11N3O2. The summed E-state index contributed by atoms with van der Waals surface area (Å²) < 4.78 is 4.97. The zero-order valence-electron chi connectivity index (χ0n) is 9.04. The summed E-state index contributed by atoms with van der Waals surface area (Å²) in [5, 5.41) is 3.83. The Morgan fingerprint density at radius 3 is 2.88 bits per heavy atom. The largest absolute Gasteiger partial charge is 0.350 e. The van der Waals surface area contributed by atoms with E-state index < -0.39 is 0 Å². The molecule has 0 saturated carbocycles. The first-order chi connectivity index (χ1) is 7.68. The van der Waals surface area contributed by atoms with E-state index in [0.717, 1.165) is 5.56 Å². The number of amides is 1. The Hall–Kier alpha value is -2.17. The van der Waals surface area contributed by atoms with Crippen LogP contribution < -0.4 is 0 Å². The zero-order valence-corrected chi connectivity index (χ0v) is 9.04. The monoisotopic (exact) mass is 217 g/mol. The summed E-state index contributed by atoms with van der Waals surface area (Å²) in [6.45, 7) is 0. The van der Waals surface area contributed by atoms with Gasteiger partial charge in [0.05, 0.1) is 0 Å². The van der Waals surface area contributed by atoms with Gasteiger partial charge in [0, 0.05) is 38.1 Å². The van der Waals surface area contributed by atoms with Crippen molar-refractivity contribution < 1.29 is 9.32 Å². The predicted octanol–water partition coefficient (Wildman–Crippen LogP) is 1.44. The molecule has 82 valence electrons. The Morgan fingerprint density at radius 1 is 1.44 bits per heavy atom. The molecule has 2 aromatic rings. The Balaban J connectivity index is 2.30. The molecule has 0 atom stereocenters. The Labute approximate surface area is 92.7 Å². The summed E-state index contributed by atoms with van der Waals surface area (Å²) >= 11 is 0. The molecule has 1 amide bonds. The number of aromatic nitrogens is 2. The van der Waals surface area contributed by atoms with Crippen LogP contribution in [0.2, 0.25) is 0 Å². The van der Waals surface area contributed by atoms with E-state index in [1.54, 1.807) is 38.6 Å². The molecule has 16 heavy (non-hydrogen) atoms. The number of carbonyl (C=O) groups excluding carboxylic acids is 1. The maximum atomic E-state index is 11.6. The van der Waals surface area contributed by atoms with Crippen LogP contribution in [0.1, 0.15) is 10.6 Å². The van der Waals surface area contributed by atoms with Gasteiger partial charge in [-0.3, -0.25) is 9.78 Å². The van der Waals surface area contributed by atoms with E-state index in [2.05, 4.69) is 10.1 Å². The van der Waals surface area contributed by atoms with Gasteiger partial charge in [-0.2, -0.15) is 0 Å². The summed E-state index contributed by atoms with van der Waals surface area (Å²) in [5.74, 6) is 0.0199. The van der Waals surface area contributed by atoms with Gasteiger partial charge < -0.3 is 9.42 Å². The van der Waals surface area contributed by atoms with Crippen molar-refractivity contribution in [2.24, 2.45) is 0 Å². The second-order valence-corrected chi connectivity index (χ2v) is 3.52. The minimum atomic E-state index is -0.206. The van der Waals surface area contributed by atoms with Gasteiger partial charge in [0.15, 0.2) is 0 Å². The number of pyridine rings is 1. The molecule has 2 rings (SSSR count). The highest BCUT2D eigenvalue weighted by Crippen LogP contribution is 2.18. The fraction of sp³-hybridized carbons (Fsp3) is 0.182. The molecule has 5 heteroatoms. The van der Waals surface area contributed by atoms with Crippen LogP contribution in [-0.2, 0) is 0 Å². The van der Waals surface area contributed by atoms with Crippen molar-refractivity contribution >= 4 is 5.91 Å². The summed E-state index contributed by atoms with van der Waals surface area (Å²) in [5.41, 5.74) is 1.43. The van der Waals surface area contributed by atoms with Crippen molar-refractivity contribution in [1.29, 1.82) is 0 Å². The van der Waals surface area contributed by atoms with Gasteiger partial charge in [0.25, 0.3) is 5.91 Å². The van der Waals surface area contributed by atoms with Crippen LogP contribution >= 0.6 is 0 Å². The van der Waals surface area contributed by atoms with Gasteiger partial charge in [0.2, 0.25) is 5.76 Å². The number of hydrogen-bond acceptors (Lipinski definition) is 4. The molecule has 2 heterocycles. The third-order valence-electron chi connectivity index (χ3n) is 2.08. The maximum absolute atomic E-state index is 11.6. The van der Waals surface area contributed by atoms with Crippen LogP contribution in [0.4, 0.5) is 0 Å². The normalized spacial score (nSPS) is 10.1. The maximum Gasteiger partial charge on any atom is 0.291 e. The SMILES string of the molecule is CN(C)C(=O)c1cc(-c2cccnc2)no1. The van der Waals surface area contributed by atoms with Crippen molar-refractivity contribution in [2.75, 3.05) is 14.1 Å². The number of nitrogens with zero attached hydrogens (tertiary/aromatic N) is 3. The van der Waals surface area contributed by atoms with Gasteiger partial charge in [0.1, 0.15) is 5.69 Å². The van der Waals surface area contributed by atoms with Gasteiger partial charge in [-0.15, -0.1) is 0 Å². The first kappa shape index (κ1) is 10.4. The molecular weight excluding hydrogens is 206 g/mol. The third kappa shape index (κ3) is 1.93. The van der Waals surface area contributed by atoms with Crippen LogP contribution in [0.15, 0.2) is 35.1 Å². The van der Waals surface area contributed by atoms with Gasteiger partial charge >= 0.3 is 0 Å². The quantitative estimate of drug-likeness (QED) is 0.763. The van der Waals surface area contributed by atoms with Crippen molar-refractivity contribution in [3.8, 4) is 11.3 Å². The first-order valence-electron chi connectivity index (χ1n) is 4.77. The number of carbonyl (C=O) groups is 1. The van der Waals surface area contributed by atoms with Gasteiger partial charge in [-0.1, -0.05) is 5.16 Å². The molecule has 0 aliphatic rings. The van der Waals surface area contributed by atoms with Crippen LogP contribution in [-0.4, -0.2) is 35.0 Å². The van der Waals surface area contributed by atoms with Crippen molar-refractivity contribution in [1.82, 2.24) is 15.0 Å². The molecule has 0 bridgehead atoms. The van der Waals surface area contributed by atoms with E-state index in [1.165, 1.54) is 4.90 Å². The van der Waals surface area contributed by atoms with E-state index in [-0.39, 0.29) is 11.7 Å². The van der Waals surface area contributed by atoms with Crippen LogP contribution in [0.5, 0.6) is 0 Å². The standard InChI is InChI=1S/C11H11N3O2/c1-14(2)11(15)10-6-9(13-16-10)8-4-3-5-12-7-8/h3-7H,1-2H3. The lowest BCUT2D eigenvalue weighted by atomic mass is 10.2. The minimum Gasteiger partial charge on any atom is -0.350 e. The summed E-state index contributed by atoms with van der Waals surface area (Å²) in [6.07, 6.45) is 3.34. The van der Waals surface area contributed by atoms with Crippen LogP contribution in [0, 0.1) is 0 Å². The topological polar surface area (TPSA) is 59.2 Å². The molecule has 0 saturated heterocycles. The lowest BCUT2D eigenvalue weighted by Gasteiger charge is -2.05. The summed E-state index contributed by atoms with van der Waals surface area (Å²) in [4.78, 5) is 17.0. The highest BCUT2D eigenvalue weighted by molar-refractivity contribution is 5.91. The van der Waals surface area contributed by atoms with E-state index in [9.17, 15) is 4.79 Å². The fourth-order valence-electron chi connectivity index (χ4n) is 1.25. The first-order valence-corrected chi connectivity index (χ1v) is 4.77. The van der Waals surface area contributed by atoms with E-state index in [4.69, 9.17) is 4.52 Å². The summed E-state index contributed by atoms with van der Waals surface area (Å²) in [7, 11) is 3.32. The molecule has 5 nitrogen and oxygen atoms in total. The molecule has 0 radical (unpaired) electrons. The van der Waals surface area contributed by atoms with E-state index in [0.29, 0.717) is 5.69 Å². The molecule has 0 aliphatic carbocycles. The van der Waals surface area contributed by atoms with Crippen LogP contribution in [0.3, 0.4) is 0 Å². The Morgan fingerprint density at radius 2 is 2.25 bits per heavy atom. The number of hydrogen-bond donors (Lipinski definition) is 0. The average molecular weight is 217 g/mol. The predicted molar refractivity (Wildman–Crippen MR) is 57.8 cm³/mol. The molecule has 0 N–H and O–H groups in total. The van der Waals surface area contributed by atoms with Crippen molar-refractivity contribution in [3.05, 3.63) is 36.4 Å². The Bertz CT molecular complexity index is 491. The molecule has 0 unspecified atom stereocenters. The third-order valence-corrected chi connectivity index (χ3v) is 2.08. The molecule has 0 aliphatic heterocycles. The second kappa shape index (κ2) is 4.14. The molecule has 0 spiro atoms. The minimum absolute atomic E-state index is 0.206. The average Bonchev–Trinajstić information content (AvgIpc) is 2.78. The smallest absolute Gasteiger partial charge is 0.291 e. The lowest BCUT2D eigenvalue weighted by molar-refractivity contribution is 0.0787. The molecule has 2 aromatic heterocycles. The zero-order chi connectivity index (χ0) is 11.5. The van der Waals surface area contributed by atoms with Gasteiger partial charge in [-0.05, 0) is 12.1 Å². The van der Waals surface area contributed by atoms with Gasteiger partial charge in [-0.25, -0.2) is 0 Å².